The fourth-order valence-corrected chi connectivity index (χ4v) is 2.10. The van der Waals surface area contributed by atoms with Crippen molar-refractivity contribution >= 4 is 5.78 Å². The van der Waals surface area contributed by atoms with E-state index in [2.05, 4.69) is 16.9 Å². The molecule has 0 radical (unpaired) electrons. The number of pyridine rings is 1. The second kappa shape index (κ2) is 4.53. The summed E-state index contributed by atoms with van der Waals surface area (Å²) in [5, 5.41) is 0. The summed E-state index contributed by atoms with van der Waals surface area (Å²) < 4.78 is 0. The van der Waals surface area contributed by atoms with Crippen LogP contribution >= 0.6 is 0 Å². The number of Topliss-reactive ketones (excluding diaryl/α,β-unsaturated/α-hetero) is 1. The first-order valence-electron chi connectivity index (χ1n) is 5.39. The fourth-order valence-electron chi connectivity index (χ4n) is 2.10. The van der Waals surface area contributed by atoms with E-state index in [0.717, 1.165) is 24.9 Å². The van der Waals surface area contributed by atoms with Gasteiger partial charge in [-0.1, -0.05) is 6.07 Å². The number of rotatable bonds is 1. The molecular weight excluding hydrogens is 188 g/mol. The van der Waals surface area contributed by atoms with Crippen molar-refractivity contribution in [2.45, 2.75) is 25.3 Å². The summed E-state index contributed by atoms with van der Waals surface area (Å²) in [4.78, 5) is 17.9. The second-order valence-electron chi connectivity index (χ2n) is 4.13. The van der Waals surface area contributed by atoms with Crippen LogP contribution in [0, 0.1) is 0 Å². The lowest BCUT2D eigenvalue weighted by atomic mass is 10.0. The molecule has 1 unspecified atom stereocenters. The highest BCUT2D eigenvalue weighted by Gasteiger charge is 2.23. The summed E-state index contributed by atoms with van der Waals surface area (Å²) in [7, 11) is 2.08. The molecule has 0 bridgehead atoms. The zero-order valence-corrected chi connectivity index (χ0v) is 9.02. The molecule has 1 aromatic heterocycles. The van der Waals surface area contributed by atoms with Crippen LogP contribution in [0.1, 0.15) is 30.9 Å². The highest BCUT2D eigenvalue weighted by Crippen LogP contribution is 2.26. The number of carbonyl (C=O) groups is 1. The van der Waals surface area contributed by atoms with Crippen LogP contribution in [-0.2, 0) is 4.79 Å². The van der Waals surface area contributed by atoms with E-state index in [0.29, 0.717) is 12.2 Å². The molecule has 1 fully saturated rings. The molecule has 0 spiro atoms. The average Bonchev–Trinajstić information content (AvgIpc) is 2.42. The van der Waals surface area contributed by atoms with Crippen molar-refractivity contribution in [2.75, 3.05) is 13.6 Å². The summed E-state index contributed by atoms with van der Waals surface area (Å²) in [6, 6.07) is 4.19. The lowest BCUT2D eigenvalue weighted by Crippen LogP contribution is -2.24. The van der Waals surface area contributed by atoms with Gasteiger partial charge in [0.05, 0.1) is 0 Å². The van der Waals surface area contributed by atoms with Crippen LogP contribution in [0.3, 0.4) is 0 Å². The third-order valence-electron chi connectivity index (χ3n) is 2.99. The maximum Gasteiger partial charge on any atom is 0.134 e. The number of hydrogen-bond donors (Lipinski definition) is 0. The van der Waals surface area contributed by atoms with Gasteiger partial charge in [-0.2, -0.15) is 0 Å². The molecule has 0 N–H and O–H groups in total. The Balaban J connectivity index is 2.21. The summed E-state index contributed by atoms with van der Waals surface area (Å²) in [5.74, 6) is 0.369. The van der Waals surface area contributed by atoms with Crippen LogP contribution in [0.25, 0.3) is 0 Å². The molecule has 3 nitrogen and oxygen atoms in total. The number of carbonyl (C=O) groups excluding carboxylic acids is 1. The van der Waals surface area contributed by atoms with E-state index in [4.69, 9.17) is 0 Å². The Morgan fingerprint density at radius 1 is 1.53 bits per heavy atom. The number of nitrogens with zero attached hydrogens (tertiary/aromatic N) is 2. The van der Waals surface area contributed by atoms with Gasteiger partial charge in [-0.25, -0.2) is 0 Å². The van der Waals surface area contributed by atoms with Crippen molar-refractivity contribution in [2.24, 2.45) is 0 Å². The zero-order chi connectivity index (χ0) is 10.7. The molecule has 0 saturated carbocycles. The second-order valence-corrected chi connectivity index (χ2v) is 4.13. The summed E-state index contributed by atoms with van der Waals surface area (Å²) in [5.41, 5.74) is 1.15. The molecule has 0 aromatic carbocycles. The first-order valence-corrected chi connectivity index (χ1v) is 5.39. The van der Waals surface area contributed by atoms with Crippen LogP contribution in [0.5, 0.6) is 0 Å². The topological polar surface area (TPSA) is 33.2 Å². The minimum atomic E-state index is 0.216. The largest absolute Gasteiger partial charge is 0.300 e. The van der Waals surface area contributed by atoms with Gasteiger partial charge in [0.15, 0.2) is 0 Å². The maximum absolute atomic E-state index is 11.6. The van der Waals surface area contributed by atoms with Crippen molar-refractivity contribution in [3.8, 4) is 0 Å². The third kappa shape index (κ3) is 2.42. The van der Waals surface area contributed by atoms with Crippen LogP contribution in [0.15, 0.2) is 24.5 Å². The monoisotopic (exact) mass is 204 g/mol. The Bertz CT molecular complexity index is 337. The Labute approximate surface area is 90.1 Å². The molecule has 1 saturated heterocycles. The van der Waals surface area contributed by atoms with Gasteiger partial charge in [-0.05, 0) is 31.6 Å². The highest BCUT2D eigenvalue weighted by molar-refractivity contribution is 5.79. The smallest absolute Gasteiger partial charge is 0.134 e. The normalized spacial score (nSPS) is 23.8. The van der Waals surface area contributed by atoms with E-state index in [1.165, 1.54) is 0 Å². The standard InChI is InChI=1S/C12H16N2O/c1-14-7-3-5-11(15)8-12(14)10-4-2-6-13-9-10/h2,4,6,9,12H,3,5,7-8H2,1H3. The number of hydrogen-bond acceptors (Lipinski definition) is 3. The van der Waals surface area contributed by atoms with E-state index in [1.54, 1.807) is 6.20 Å². The molecular formula is C12H16N2O. The molecule has 15 heavy (non-hydrogen) atoms. The predicted octanol–water partition coefficient (Wildman–Crippen LogP) is 1.81. The van der Waals surface area contributed by atoms with E-state index >= 15 is 0 Å². The third-order valence-corrected chi connectivity index (χ3v) is 2.99. The summed E-state index contributed by atoms with van der Waals surface area (Å²) >= 11 is 0. The number of ketones is 1. The van der Waals surface area contributed by atoms with Crippen LogP contribution in [-0.4, -0.2) is 29.3 Å². The Kier molecular flexibility index (Phi) is 3.11. The predicted molar refractivity (Wildman–Crippen MR) is 58.5 cm³/mol. The van der Waals surface area contributed by atoms with Crippen molar-refractivity contribution < 1.29 is 4.79 Å². The van der Waals surface area contributed by atoms with Gasteiger partial charge >= 0.3 is 0 Å². The molecule has 80 valence electrons. The first kappa shape index (κ1) is 10.3. The van der Waals surface area contributed by atoms with Crippen molar-refractivity contribution in [1.82, 2.24) is 9.88 Å². The van der Waals surface area contributed by atoms with Crippen molar-refractivity contribution in [3.05, 3.63) is 30.1 Å². The quantitative estimate of drug-likeness (QED) is 0.699. The molecule has 0 aliphatic carbocycles. The fraction of sp³-hybridized carbons (Fsp3) is 0.500. The number of likely N-dealkylation sites (tertiary alicyclic amines) is 1. The zero-order valence-electron chi connectivity index (χ0n) is 9.02. The van der Waals surface area contributed by atoms with Gasteiger partial charge < -0.3 is 0 Å². The molecule has 3 heteroatoms. The lowest BCUT2D eigenvalue weighted by molar-refractivity contribution is -0.119. The van der Waals surface area contributed by atoms with Crippen LogP contribution in [0.2, 0.25) is 0 Å². The SMILES string of the molecule is CN1CCCC(=O)CC1c1cccnc1. The van der Waals surface area contributed by atoms with E-state index in [9.17, 15) is 4.79 Å². The van der Waals surface area contributed by atoms with Gasteiger partial charge in [-0.15, -0.1) is 0 Å². The minimum Gasteiger partial charge on any atom is -0.300 e. The average molecular weight is 204 g/mol. The number of aromatic nitrogens is 1. The van der Waals surface area contributed by atoms with E-state index in [1.807, 2.05) is 18.3 Å². The Hall–Kier alpha value is -1.22. The van der Waals surface area contributed by atoms with E-state index < -0.39 is 0 Å². The van der Waals surface area contributed by atoms with Crippen molar-refractivity contribution in [3.63, 3.8) is 0 Å². The molecule has 1 aliphatic heterocycles. The molecule has 1 aromatic rings. The molecule has 0 amide bonds. The van der Waals surface area contributed by atoms with Gasteiger partial charge in [-0.3, -0.25) is 14.7 Å². The van der Waals surface area contributed by atoms with E-state index in [-0.39, 0.29) is 6.04 Å². The van der Waals surface area contributed by atoms with Gasteiger partial charge in [0.2, 0.25) is 0 Å². The van der Waals surface area contributed by atoms with Gasteiger partial charge in [0.1, 0.15) is 5.78 Å². The Morgan fingerprint density at radius 3 is 3.13 bits per heavy atom. The first-order chi connectivity index (χ1) is 7.27. The summed E-state index contributed by atoms with van der Waals surface area (Å²) in [6.07, 6.45) is 5.96. The maximum atomic E-state index is 11.6. The lowest BCUT2D eigenvalue weighted by Gasteiger charge is -2.24. The van der Waals surface area contributed by atoms with Crippen molar-refractivity contribution in [1.29, 1.82) is 0 Å². The minimum absolute atomic E-state index is 0.216. The van der Waals surface area contributed by atoms with Crippen LogP contribution in [0.4, 0.5) is 0 Å². The highest BCUT2D eigenvalue weighted by atomic mass is 16.1. The molecule has 1 atom stereocenters. The summed E-state index contributed by atoms with van der Waals surface area (Å²) in [6.45, 7) is 0.991. The molecule has 1 aliphatic rings. The molecule has 2 heterocycles. The van der Waals surface area contributed by atoms with Gasteiger partial charge in [0, 0.05) is 31.3 Å². The van der Waals surface area contributed by atoms with Gasteiger partial charge in [0.25, 0.3) is 0 Å². The Morgan fingerprint density at radius 2 is 2.40 bits per heavy atom. The molecule has 2 rings (SSSR count). The van der Waals surface area contributed by atoms with Crippen LogP contribution < -0.4 is 0 Å².